The molecule has 0 radical (unpaired) electrons. The van der Waals surface area contributed by atoms with Crippen LogP contribution in [-0.2, 0) is 9.59 Å². The number of imidazole rings is 2. The average Bonchev–Trinajstić information content (AvgIpc) is 3.93. The van der Waals surface area contributed by atoms with Gasteiger partial charge in [0, 0.05) is 25.6 Å². The van der Waals surface area contributed by atoms with Gasteiger partial charge < -0.3 is 24.2 Å². The van der Waals surface area contributed by atoms with Crippen molar-refractivity contribution in [3.05, 3.63) is 90.1 Å². The molecule has 0 bridgehead atoms. The van der Waals surface area contributed by atoms with Gasteiger partial charge >= 0.3 is 0 Å². The van der Waals surface area contributed by atoms with Crippen molar-refractivity contribution in [3.8, 4) is 22.8 Å². The van der Waals surface area contributed by atoms with Crippen molar-refractivity contribution in [2.75, 3.05) is 27.2 Å². The highest BCUT2D eigenvalue weighted by Crippen LogP contribution is 2.37. The van der Waals surface area contributed by atoms with E-state index >= 15 is 0 Å². The van der Waals surface area contributed by atoms with Crippen molar-refractivity contribution < 1.29 is 14.0 Å². The number of oxazole rings is 1. The minimum absolute atomic E-state index is 0.0546. The number of aromatic nitrogens is 5. The number of rotatable bonds is 7. The quantitative estimate of drug-likeness (QED) is 0.206. The van der Waals surface area contributed by atoms with Gasteiger partial charge in [-0.25, -0.2) is 15.0 Å². The predicted octanol–water partition coefficient (Wildman–Crippen LogP) is 6.41. The van der Waals surface area contributed by atoms with Gasteiger partial charge in [0.2, 0.25) is 17.7 Å². The van der Waals surface area contributed by atoms with E-state index in [1.807, 2.05) is 95.5 Å². The molecule has 244 valence electrons. The third-order valence-corrected chi connectivity index (χ3v) is 9.74. The first-order chi connectivity index (χ1) is 23.4. The van der Waals surface area contributed by atoms with Crippen LogP contribution in [0.25, 0.3) is 44.8 Å². The van der Waals surface area contributed by atoms with Crippen LogP contribution in [0.4, 0.5) is 0 Å². The molecule has 2 amide bonds. The van der Waals surface area contributed by atoms with Crippen molar-refractivity contribution in [2.24, 2.45) is 0 Å². The standard InChI is InChI=1S/C37H38N8O3/c1-22(46)44-18-8-14-29(44)35-40-27-13-7-12-25(32(27)42-35)36-38-21-31(48-36)24-16-17-26-28(20-24)41-34(39-26)30-15-9-19-45(30)37(47)33(43(2)3)23-10-5-4-6-11-23/h4-7,10-13,16-17,20-21,29-30,33H,8-9,14-15,18-19H2,1-3H3,(H,39,41)(H,40,42)/t29-,30-,33+/m0/s1. The Kier molecular flexibility index (Phi) is 7.55. The van der Waals surface area contributed by atoms with Crippen LogP contribution in [0.5, 0.6) is 0 Å². The lowest BCUT2D eigenvalue weighted by atomic mass is 10.0. The molecule has 0 aliphatic carbocycles. The van der Waals surface area contributed by atoms with Crippen molar-refractivity contribution >= 4 is 33.9 Å². The van der Waals surface area contributed by atoms with Gasteiger partial charge in [0.25, 0.3) is 0 Å². The Labute approximate surface area is 278 Å². The first kappa shape index (κ1) is 30.1. The lowest BCUT2D eigenvalue weighted by Crippen LogP contribution is -2.40. The van der Waals surface area contributed by atoms with Crippen LogP contribution in [0.15, 0.2) is 77.3 Å². The Bertz CT molecular complexity index is 2130. The highest BCUT2D eigenvalue weighted by atomic mass is 16.4. The van der Waals surface area contributed by atoms with Crippen LogP contribution in [0.2, 0.25) is 0 Å². The molecule has 11 nitrogen and oxygen atoms in total. The Hall–Kier alpha value is -5.29. The van der Waals surface area contributed by atoms with Gasteiger partial charge in [-0.2, -0.15) is 0 Å². The summed E-state index contributed by atoms with van der Waals surface area (Å²) < 4.78 is 6.33. The van der Waals surface area contributed by atoms with E-state index in [4.69, 9.17) is 14.4 Å². The van der Waals surface area contributed by atoms with Crippen molar-refractivity contribution in [1.82, 2.24) is 39.6 Å². The molecule has 48 heavy (non-hydrogen) atoms. The largest absolute Gasteiger partial charge is 0.436 e. The fourth-order valence-electron chi connectivity index (χ4n) is 7.45. The fraction of sp³-hybridized carbons (Fsp3) is 0.324. The summed E-state index contributed by atoms with van der Waals surface area (Å²) in [5.41, 5.74) is 5.98. The molecule has 2 aliphatic heterocycles. The molecule has 11 heteroatoms. The van der Waals surface area contributed by atoms with E-state index < -0.39 is 0 Å². The summed E-state index contributed by atoms with van der Waals surface area (Å²) in [5.74, 6) is 2.83. The average molecular weight is 643 g/mol. The minimum atomic E-state index is -0.361. The first-order valence-electron chi connectivity index (χ1n) is 16.6. The molecule has 0 spiro atoms. The number of H-pyrrole nitrogens is 2. The molecule has 0 saturated carbocycles. The van der Waals surface area contributed by atoms with Gasteiger partial charge in [-0.05, 0) is 75.7 Å². The maximum Gasteiger partial charge on any atom is 0.245 e. The van der Waals surface area contributed by atoms with E-state index in [1.54, 1.807) is 13.1 Å². The maximum atomic E-state index is 13.9. The van der Waals surface area contributed by atoms with Crippen LogP contribution in [0.3, 0.4) is 0 Å². The molecular weight excluding hydrogens is 604 g/mol. The molecule has 3 aromatic carbocycles. The molecule has 8 rings (SSSR count). The van der Waals surface area contributed by atoms with Crippen molar-refractivity contribution in [3.63, 3.8) is 0 Å². The number of aromatic amines is 2. The number of benzene rings is 3. The number of carbonyl (C=O) groups excluding carboxylic acids is 2. The molecule has 0 unspecified atom stereocenters. The summed E-state index contributed by atoms with van der Waals surface area (Å²) in [6.45, 7) is 3.06. The second-order valence-corrected chi connectivity index (χ2v) is 13.0. The van der Waals surface area contributed by atoms with E-state index in [-0.39, 0.29) is 29.9 Å². The summed E-state index contributed by atoms with van der Waals surface area (Å²) in [4.78, 5) is 53.4. The number of hydrogen-bond acceptors (Lipinski definition) is 7. The number of amides is 2. The molecule has 3 atom stereocenters. The number of fused-ring (bicyclic) bond motifs is 2. The normalized spacial score (nSPS) is 18.8. The number of para-hydroxylation sites is 1. The third-order valence-electron chi connectivity index (χ3n) is 9.74. The maximum absolute atomic E-state index is 13.9. The second kappa shape index (κ2) is 12.1. The summed E-state index contributed by atoms with van der Waals surface area (Å²) in [6.07, 6.45) is 5.35. The minimum Gasteiger partial charge on any atom is -0.436 e. The molecule has 6 aromatic rings. The van der Waals surface area contributed by atoms with E-state index in [0.29, 0.717) is 18.2 Å². The smallest absolute Gasteiger partial charge is 0.245 e. The summed E-state index contributed by atoms with van der Waals surface area (Å²) in [5, 5.41) is 0. The third kappa shape index (κ3) is 5.24. The van der Waals surface area contributed by atoms with Crippen molar-refractivity contribution in [1.29, 1.82) is 0 Å². The topological polar surface area (TPSA) is 127 Å². The zero-order chi connectivity index (χ0) is 32.9. The highest BCUT2D eigenvalue weighted by molar-refractivity contribution is 5.90. The fourth-order valence-corrected chi connectivity index (χ4v) is 7.45. The Morgan fingerprint density at radius 3 is 2.38 bits per heavy atom. The summed E-state index contributed by atoms with van der Waals surface area (Å²) >= 11 is 0. The van der Waals surface area contributed by atoms with Crippen LogP contribution in [0, 0.1) is 0 Å². The van der Waals surface area contributed by atoms with Gasteiger partial charge in [-0.1, -0.05) is 36.4 Å². The predicted molar refractivity (Wildman–Crippen MR) is 183 cm³/mol. The van der Waals surface area contributed by atoms with Crippen LogP contribution in [0.1, 0.15) is 67.9 Å². The molecule has 2 fully saturated rings. The summed E-state index contributed by atoms with van der Waals surface area (Å²) in [6, 6.07) is 21.3. The molecule has 5 heterocycles. The van der Waals surface area contributed by atoms with Gasteiger partial charge in [0.15, 0.2) is 5.76 Å². The van der Waals surface area contributed by atoms with E-state index in [1.165, 1.54) is 0 Å². The summed E-state index contributed by atoms with van der Waals surface area (Å²) in [7, 11) is 3.90. The number of nitrogens with zero attached hydrogens (tertiary/aromatic N) is 6. The number of hydrogen-bond donors (Lipinski definition) is 2. The van der Waals surface area contributed by atoms with Crippen LogP contribution >= 0.6 is 0 Å². The number of likely N-dealkylation sites (tertiary alicyclic amines) is 2. The van der Waals surface area contributed by atoms with Gasteiger partial charge in [0.05, 0.1) is 40.4 Å². The molecule has 2 aliphatic rings. The Balaban J connectivity index is 1.06. The van der Waals surface area contributed by atoms with Gasteiger partial charge in [0.1, 0.15) is 23.2 Å². The van der Waals surface area contributed by atoms with E-state index in [9.17, 15) is 9.59 Å². The molecule has 3 aromatic heterocycles. The van der Waals surface area contributed by atoms with Crippen LogP contribution in [-0.4, -0.2) is 78.6 Å². The van der Waals surface area contributed by atoms with Crippen LogP contribution < -0.4 is 0 Å². The lowest BCUT2D eigenvalue weighted by molar-refractivity contribution is -0.137. The Morgan fingerprint density at radius 1 is 0.875 bits per heavy atom. The monoisotopic (exact) mass is 642 g/mol. The van der Waals surface area contributed by atoms with Gasteiger partial charge in [-0.3, -0.25) is 14.5 Å². The second-order valence-electron chi connectivity index (χ2n) is 13.0. The molecular formula is C37H38N8O3. The number of likely N-dealkylation sites (N-methyl/N-ethyl adjacent to an activating group) is 1. The Morgan fingerprint density at radius 2 is 1.60 bits per heavy atom. The first-order valence-corrected chi connectivity index (χ1v) is 16.6. The van der Waals surface area contributed by atoms with E-state index in [0.717, 1.165) is 82.6 Å². The molecule has 2 saturated heterocycles. The van der Waals surface area contributed by atoms with Gasteiger partial charge in [-0.15, -0.1) is 0 Å². The lowest BCUT2D eigenvalue weighted by Gasteiger charge is -2.31. The number of carbonyl (C=O) groups is 2. The zero-order valence-electron chi connectivity index (χ0n) is 27.3. The van der Waals surface area contributed by atoms with E-state index in [2.05, 4.69) is 15.0 Å². The number of nitrogens with one attached hydrogen (secondary N) is 2. The highest BCUT2D eigenvalue weighted by Gasteiger charge is 2.37. The zero-order valence-corrected chi connectivity index (χ0v) is 27.3. The van der Waals surface area contributed by atoms with Crippen molar-refractivity contribution in [2.45, 2.75) is 50.7 Å². The molecule has 2 N–H and O–H groups in total. The SMILES string of the molecule is CC(=O)N1CCC[C@H]1c1nc2c(-c3ncc(-c4ccc5[nH]c([C@@H]6CCCN6C(=O)[C@@H](c6ccccc6)N(C)C)nc5c4)o3)cccc2[nH]1.